The van der Waals surface area contributed by atoms with E-state index in [1.165, 1.54) is 17.5 Å². The highest BCUT2D eigenvalue weighted by Gasteiger charge is 2.16. The van der Waals surface area contributed by atoms with E-state index in [1.54, 1.807) is 13.8 Å². The van der Waals surface area contributed by atoms with Crippen LogP contribution in [0.15, 0.2) is 18.3 Å². The van der Waals surface area contributed by atoms with Crippen LogP contribution in [0.3, 0.4) is 0 Å². The van der Waals surface area contributed by atoms with Crippen molar-refractivity contribution in [3.8, 4) is 0 Å². The minimum Gasteiger partial charge on any atom is -0.478 e. The maximum atomic E-state index is 13.4. The van der Waals surface area contributed by atoms with Crippen molar-refractivity contribution >= 4 is 28.9 Å². The predicted octanol–water partition coefficient (Wildman–Crippen LogP) is 2.85. The summed E-state index contributed by atoms with van der Waals surface area (Å²) >= 11 is 1.22. The molecule has 104 valence electrons. The zero-order chi connectivity index (χ0) is 14.9. The zero-order valence-electron chi connectivity index (χ0n) is 10.7. The summed E-state index contributed by atoms with van der Waals surface area (Å²) in [6, 6.07) is 2.19. The Hall–Kier alpha value is -2.28. The monoisotopic (exact) mass is 294 g/mol. The van der Waals surface area contributed by atoms with Gasteiger partial charge < -0.3 is 10.4 Å². The number of benzene rings is 1. The number of carboxylic acids is 1. The molecule has 0 aliphatic rings. The van der Waals surface area contributed by atoms with Gasteiger partial charge in [0.05, 0.1) is 16.8 Å². The summed E-state index contributed by atoms with van der Waals surface area (Å²) < 4.78 is 13.4. The van der Waals surface area contributed by atoms with Crippen molar-refractivity contribution in [3.05, 3.63) is 45.2 Å². The van der Waals surface area contributed by atoms with Crippen LogP contribution in [0, 0.1) is 19.7 Å². The lowest BCUT2D eigenvalue weighted by Gasteiger charge is -2.09. The summed E-state index contributed by atoms with van der Waals surface area (Å²) in [4.78, 5) is 27.2. The Balaban J connectivity index is 2.31. The molecule has 2 N–H and O–H groups in total. The number of carbonyl (C=O) groups is 2. The van der Waals surface area contributed by atoms with E-state index < -0.39 is 23.3 Å². The zero-order valence-corrected chi connectivity index (χ0v) is 11.5. The van der Waals surface area contributed by atoms with Crippen LogP contribution in [0.2, 0.25) is 0 Å². The molecule has 20 heavy (non-hydrogen) atoms. The Morgan fingerprint density at radius 2 is 2.05 bits per heavy atom. The lowest BCUT2D eigenvalue weighted by molar-refractivity contribution is 0.0691. The van der Waals surface area contributed by atoms with Crippen LogP contribution >= 0.6 is 11.3 Å². The molecular weight excluding hydrogens is 283 g/mol. The van der Waals surface area contributed by atoms with E-state index in [9.17, 15) is 14.0 Å². The highest BCUT2D eigenvalue weighted by molar-refractivity contribution is 7.13. The topological polar surface area (TPSA) is 79.3 Å². The number of anilines is 1. The first-order valence-corrected chi connectivity index (χ1v) is 6.47. The maximum absolute atomic E-state index is 13.4. The summed E-state index contributed by atoms with van der Waals surface area (Å²) in [6.45, 7) is 3.36. The first-order chi connectivity index (χ1) is 9.38. The van der Waals surface area contributed by atoms with Gasteiger partial charge in [-0.2, -0.15) is 0 Å². The van der Waals surface area contributed by atoms with Crippen LogP contribution in [-0.2, 0) is 0 Å². The van der Waals surface area contributed by atoms with Crippen LogP contribution in [0.4, 0.5) is 10.1 Å². The molecule has 2 aromatic rings. The Morgan fingerprint density at radius 3 is 2.60 bits per heavy atom. The number of halogens is 1. The van der Waals surface area contributed by atoms with E-state index in [-0.39, 0.29) is 5.69 Å². The Labute approximate surface area is 118 Å². The third kappa shape index (κ3) is 2.83. The fourth-order valence-electron chi connectivity index (χ4n) is 1.62. The highest BCUT2D eigenvalue weighted by Crippen LogP contribution is 2.22. The SMILES string of the molecule is Cc1ncc(C(=O)Nc2cc(C(=O)O)c(F)cc2C)s1. The lowest BCUT2D eigenvalue weighted by Crippen LogP contribution is -2.13. The third-order valence-electron chi connectivity index (χ3n) is 2.64. The number of thiazole rings is 1. The smallest absolute Gasteiger partial charge is 0.338 e. The molecule has 1 heterocycles. The predicted molar refractivity (Wildman–Crippen MR) is 72.9 cm³/mol. The minimum atomic E-state index is -1.38. The molecule has 0 unspecified atom stereocenters. The van der Waals surface area contributed by atoms with Gasteiger partial charge in [-0.25, -0.2) is 14.2 Å². The number of carboxylic acid groups (broad SMARTS) is 1. The summed E-state index contributed by atoms with van der Waals surface area (Å²) in [5.74, 6) is -2.62. The minimum absolute atomic E-state index is 0.264. The number of aromatic carboxylic acids is 1. The Kier molecular flexibility index (Phi) is 3.80. The van der Waals surface area contributed by atoms with Crippen molar-refractivity contribution in [1.29, 1.82) is 0 Å². The van der Waals surface area contributed by atoms with Crippen molar-refractivity contribution < 1.29 is 19.1 Å². The Morgan fingerprint density at radius 1 is 1.35 bits per heavy atom. The number of hydrogen-bond donors (Lipinski definition) is 2. The van der Waals surface area contributed by atoms with E-state index >= 15 is 0 Å². The molecule has 2 rings (SSSR count). The van der Waals surface area contributed by atoms with Gasteiger partial charge in [-0.3, -0.25) is 4.79 Å². The number of rotatable bonds is 3. The van der Waals surface area contributed by atoms with Crippen molar-refractivity contribution in [2.24, 2.45) is 0 Å². The second-order valence-corrected chi connectivity index (χ2v) is 5.38. The molecule has 0 atom stereocenters. The molecule has 0 saturated heterocycles. The molecule has 7 heteroatoms. The third-order valence-corrected chi connectivity index (χ3v) is 3.55. The molecule has 5 nitrogen and oxygen atoms in total. The van der Waals surface area contributed by atoms with Crippen molar-refractivity contribution in [2.75, 3.05) is 5.32 Å². The number of nitrogens with one attached hydrogen (secondary N) is 1. The van der Waals surface area contributed by atoms with Gasteiger partial charge in [-0.1, -0.05) is 0 Å². The number of carbonyl (C=O) groups excluding carboxylic acids is 1. The summed E-state index contributed by atoms with van der Waals surface area (Å²) in [5, 5.41) is 12.2. The molecule has 0 aliphatic heterocycles. The molecule has 0 fully saturated rings. The van der Waals surface area contributed by atoms with Crippen LogP contribution in [0.5, 0.6) is 0 Å². The number of aryl methyl sites for hydroxylation is 2. The highest BCUT2D eigenvalue weighted by atomic mass is 32.1. The van der Waals surface area contributed by atoms with E-state index in [4.69, 9.17) is 5.11 Å². The molecule has 0 radical (unpaired) electrons. The van der Waals surface area contributed by atoms with E-state index in [0.717, 1.165) is 17.1 Å². The van der Waals surface area contributed by atoms with Crippen LogP contribution in [0.25, 0.3) is 0 Å². The van der Waals surface area contributed by atoms with Crippen LogP contribution in [-0.4, -0.2) is 22.0 Å². The van der Waals surface area contributed by atoms with E-state index in [2.05, 4.69) is 10.3 Å². The number of amides is 1. The van der Waals surface area contributed by atoms with E-state index in [0.29, 0.717) is 10.4 Å². The first kappa shape index (κ1) is 14.1. The van der Waals surface area contributed by atoms with Gasteiger partial charge in [0.15, 0.2) is 0 Å². The number of hydrogen-bond acceptors (Lipinski definition) is 4. The van der Waals surface area contributed by atoms with Gasteiger partial charge in [-0.15, -0.1) is 11.3 Å². The van der Waals surface area contributed by atoms with Crippen LogP contribution < -0.4 is 5.32 Å². The summed E-state index contributed by atoms with van der Waals surface area (Å²) in [6.07, 6.45) is 1.44. The number of aromatic nitrogens is 1. The average molecular weight is 294 g/mol. The Bertz CT molecular complexity index is 697. The fraction of sp³-hybridized carbons (Fsp3) is 0.154. The number of nitrogens with zero attached hydrogens (tertiary/aromatic N) is 1. The van der Waals surface area contributed by atoms with Gasteiger partial charge in [0.1, 0.15) is 10.7 Å². The first-order valence-electron chi connectivity index (χ1n) is 5.65. The van der Waals surface area contributed by atoms with Gasteiger partial charge in [0.2, 0.25) is 0 Å². The maximum Gasteiger partial charge on any atom is 0.338 e. The molecule has 0 aliphatic carbocycles. The second-order valence-electron chi connectivity index (χ2n) is 4.15. The van der Waals surface area contributed by atoms with Gasteiger partial charge >= 0.3 is 5.97 Å². The van der Waals surface area contributed by atoms with Gasteiger partial charge in [0.25, 0.3) is 5.91 Å². The molecule has 0 spiro atoms. The average Bonchev–Trinajstić information content (AvgIpc) is 2.79. The molecule has 0 bridgehead atoms. The molecule has 0 saturated carbocycles. The molecule has 1 aromatic carbocycles. The summed E-state index contributed by atoms with van der Waals surface area (Å²) in [7, 11) is 0. The van der Waals surface area contributed by atoms with Crippen LogP contribution in [0.1, 0.15) is 30.6 Å². The molecular formula is C13H11FN2O3S. The normalized spacial score (nSPS) is 10.3. The van der Waals surface area contributed by atoms with Gasteiger partial charge in [0, 0.05) is 5.69 Å². The molecule has 1 aromatic heterocycles. The quantitative estimate of drug-likeness (QED) is 0.912. The molecule has 1 amide bonds. The van der Waals surface area contributed by atoms with E-state index in [1.807, 2.05) is 0 Å². The summed E-state index contributed by atoms with van der Waals surface area (Å²) in [5.41, 5.74) is 0.230. The van der Waals surface area contributed by atoms with Crippen molar-refractivity contribution in [2.45, 2.75) is 13.8 Å². The lowest BCUT2D eigenvalue weighted by atomic mass is 10.1. The standard InChI is InChI=1S/C13H11FN2O3S/c1-6-3-9(14)8(13(18)19)4-10(6)16-12(17)11-5-15-7(2)20-11/h3-5H,1-2H3,(H,16,17)(H,18,19). The van der Waals surface area contributed by atoms with Crippen molar-refractivity contribution in [1.82, 2.24) is 4.98 Å². The largest absolute Gasteiger partial charge is 0.478 e. The van der Waals surface area contributed by atoms with Gasteiger partial charge in [-0.05, 0) is 31.5 Å². The van der Waals surface area contributed by atoms with Crippen molar-refractivity contribution in [3.63, 3.8) is 0 Å². The second kappa shape index (κ2) is 5.38. The fourth-order valence-corrected chi connectivity index (χ4v) is 2.29.